The predicted octanol–water partition coefficient (Wildman–Crippen LogP) is 2.79. The summed E-state index contributed by atoms with van der Waals surface area (Å²) in [7, 11) is 1.97. The van der Waals surface area contributed by atoms with Crippen molar-refractivity contribution in [3.05, 3.63) is 48.0 Å². The first-order valence-electron chi connectivity index (χ1n) is 8.96. The molecule has 0 radical (unpaired) electrons. The molecular weight excluding hydrogens is 368 g/mol. The molecule has 0 saturated carbocycles. The maximum atomic E-state index is 14.0. The molecule has 0 aliphatic carbocycles. The second-order valence-electron chi connectivity index (χ2n) is 6.94. The van der Waals surface area contributed by atoms with E-state index in [9.17, 15) is 18.4 Å². The molecule has 2 aliphatic rings. The van der Waals surface area contributed by atoms with Crippen LogP contribution in [0.1, 0.15) is 6.42 Å². The van der Waals surface area contributed by atoms with Crippen LogP contribution >= 0.6 is 0 Å². The first kappa shape index (κ1) is 18.2. The molecule has 1 atom stereocenters. The minimum absolute atomic E-state index is 0.0214. The topological polar surface area (TPSA) is 61.9 Å². The van der Waals surface area contributed by atoms with Gasteiger partial charge in [-0.15, -0.1) is 0 Å². The fourth-order valence-electron chi connectivity index (χ4n) is 3.50. The normalized spacial score (nSPS) is 18.7. The summed E-state index contributed by atoms with van der Waals surface area (Å²) < 4.78 is 32.7. The van der Waals surface area contributed by atoms with E-state index in [2.05, 4.69) is 10.2 Å². The van der Waals surface area contributed by atoms with E-state index in [1.165, 1.54) is 11.0 Å². The van der Waals surface area contributed by atoms with Gasteiger partial charge in [0.25, 0.3) is 0 Å². The molecule has 8 heteroatoms. The van der Waals surface area contributed by atoms with Crippen LogP contribution in [0.3, 0.4) is 0 Å². The van der Waals surface area contributed by atoms with Crippen molar-refractivity contribution in [1.82, 2.24) is 0 Å². The highest BCUT2D eigenvalue weighted by atomic mass is 19.1. The predicted molar refractivity (Wildman–Crippen MR) is 101 cm³/mol. The molecule has 0 unspecified atom stereocenters. The zero-order chi connectivity index (χ0) is 19.8. The zero-order valence-electron chi connectivity index (χ0n) is 15.2. The number of ether oxygens (including phenoxy) is 1. The number of anilines is 3. The molecule has 2 amide bonds. The highest BCUT2D eigenvalue weighted by Gasteiger charge is 2.36. The molecule has 1 N–H and O–H groups in total. The maximum Gasteiger partial charge on any atom is 0.229 e. The third-order valence-electron chi connectivity index (χ3n) is 5.02. The molecule has 6 nitrogen and oxygen atoms in total. The van der Waals surface area contributed by atoms with Gasteiger partial charge in [-0.1, -0.05) is 0 Å². The Bertz CT molecular complexity index is 950. The molecule has 0 bridgehead atoms. The molecule has 1 fully saturated rings. The van der Waals surface area contributed by atoms with Crippen LogP contribution in [0.25, 0.3) is 0 Å². The largest absolute Gasteiger partial charge is 0.489 e. The van der Waals surface area contributed by atoms with Crippen molar-refractivity contribution in [3.8, 4) is 5.75 Å². The number of hydrogen-bond donors (Lipinski definition) is 1. The minimum Gasteiger partial charge on any atom is -0.489 e. The fourth-order valence-corrected chi connectivity index (χ4v) is 3.50. The summed E-state index contributed by atoms with van der Waals surface area (Å²) >= 11 is 0. The molecular formula is C20H19F2N3O3. The summed E-state index contributed by atoms with van der Waals surface area (Å²) in [6.45, 7) is 1.40. The monoisotopic (exact) mass is 387 g/mol. The summed E-state index contributed by atoms with van der Waals surface area (Å²) in [6, 6.07) is 8.40. The standard InChI is InChI=1S/C20H19F2N3O3/c1-24-6-7-28-18-10-14(3-5-17(18)24)23-20(27)12-8-19(26)25(11-12)16-4-2-13(21)9-15(16)22/h2-5,9-10,12H,6-8,11H2,1H3,(H,23,27)/t12-/m1/s1. The average Bonchev–Trinajstić information content (AvgIpc) is 3.03. The Kier molecular flexibility index (Phi) is 4.62. The lowest BCUT2D eigenvalue weighted by Crippen LogP contribution is -2.29. The van der Waals surface area contributed by atoms with Crippen LogP contribution in [-0.4, -0.2) is 38.6 Å². The van der Waals surface area contributed by atoms with Crippen molar-refractivity contribution >= 4 is 28.9 Å². The lowest BCUT2D eigenvalue weighted by molar-refractivity contribution is -0.122. The highest BCUT2D eigenvalue weighted by Crippen LogP contribution is 2.34. The Balaban J connectivity index is 1.47. The second kappa shape index (κ2) is 7.10. The molecule has 2 heterocycles. The van der Waals surface area contributed by atoms with Crippen molar-refractivity contribution in [3.63, 3.8) is 0 Å². The van der Waals surface area contributed by atoms with Crippen LogP contribution in [0.5, 0.6) is 5.75 Å². The van der Waals surface area contributed by atoms with E-state index in [-0.39, 0.29) is 30.5 Å². The molecule has 2 aromatic rings. The number of benzene rings is 2. The van der Waals surface area contributed by atoms with Crippen LogP contribution < -0.4 is 19.9 Å². The number of nitrogens with one attached hydrogen (secondary N) is 1. The summed E-state index contributed by atoms with van der Waals surface area (Å²) in [5.41, 5.74) is 1.49. The minimum atomic E-state index is -0.828. The number of amides is 2. The van der Waals surface area contributed by atoms with Gasteiger partial charge in [0.1, 0.15) is 24.0 Å². The number of carbonyl (C=O) groups excluding carboxylic acids is 2. The van der Waals surface area contributed by atoms with E-state index < -0.39 is 17.6 Å². The van der Waals surface area contributed by atoms with Gasteiger partial charge in [-0.05, 0) is 24.3 Å². The van der Waals surface area contributed by atoms with Crippen LogP contribution in [0.2, 0.25) is 0 Å². The van der Waals surface area contributed by atoms with Gasteiger partial charge in [-0.25, -0.2) is 8.78 Å². The Morgan fingerprint density at radius 3 is 2.75 bits per heavy atom. The number of halogens is 2. The van der Waals surface area contributed by atoms with Crippen molar-refractivity contribution in [2.75, 3.05) is 41.9 Å². The first-order valence-corrected chi connectivity index (χ1v) is 8.96. The third kappa shape index (κ3) is 3.37. The van der Waals surface area contributed by atoms with Crippen molar-refractivity contribution < 1.29 is 23.1 Å². The van der Waals surface area contributed by atoms with Gasteiger partial charge in [0.05, 0.1) is 23.8 Å². The summed E-state index contributed by atoms with van der Waals surface area (Å²) in [4.78, 5) is 28.1. The Hall–Kier alpha value is -3.16. The van der Waals surface area contributed by atoms with Crippen LogP contribution in [0, 0.1) is 17.6 Å². The molecule has 2 aromatic carbocycles. The van der Waals surface area contributed by atoms with Crippen molar-refractivity contribution in [2.24, 2.45) is 5.92 Å². The lowest BCUT2D eigenvalue weighted by Gasteiger charge is -2.28. The number of fused-ring (bicyclic) bond motifs is 1. The Labute approximate surface area is 160 Å². The van der Waals surface area contributed by atoms with Gasteiger partial charge in [-0.2, -0.15) is 0 Å². The fraction of sp³-hybridized carbons (Fsp3) is 0.300. The van der Waals surface area contributed by atoms with E-state index in [1.807, 2.05) is 13.1 Å². The van der Waals surface area contributed by atoms with Crippen LogP contribution in [-0.2, 0) is 9.59 Å². The van der Waals surface area contributed by atoms with E-state index in [0.717, 1.165) is 24.4 Å². The lowest BCUT2D eigenvalue weighted by atomic mass is 10.1. The van der Waals surface area contributed by atoms with Gasteiger partial charge in [0.2, 0.25) is 11.8 Å². The van der Waals surface area contributed by atoms with Crippen LogP contribution in [0.15, 0.2) is 36.4 Å². The van der Waals surface area contributed by atoms with Gasteiger partial charge in [0, 0.05) is 37.8 Å². The SMILES string of the molecule is CN1CCOc2cc(NC(=O)[C@@H]3CC(=O)N(c4ccc(F)cc4F)C3)ccc21. The summed E-state index contributed by atoms with van der Waals surface area (Å²) in [5, 5.41) is 2.80. The summed E-state index contributed by atoms with van der Waals surface area (Å²) in [5.74, 6) is -2.20. The number of likely N-dealkylation sites (N-methyl/N-ethyl adjacent to an activating group) is 1. The molecule has 0 spiro atoms. The van der Waals surface area contributed by atoms with Crippen molar-refractivity contribution in [1.29, 1.82) is 0 Å². The molecule has 4 rings (SSSR count). The van der Waals surface area contributed by atoms with Gasteiger partial charge in [-0.3, -0.25) is 9.59 Å². The molecule has 1 saturated heterocycles. The van der Waals surface area contributed by atoms with Gasteiger partial charge in [0.15, 0.2) is 0 Å². The molecule has 0 aromatic heterocycles. The van der Waals surface area contributed by atoms with E-state index in [0.29, 0.717) is 18.0 Å². The third-order valence-corrected chi connectivity index (χ3v) is 5.02. The van der Waals surface area contributed by atoms with Gasteiger partial charge < -0.3 is 19.9 Å². The second-order valence-corrected chi connectivity index (χ2v) is 6.94. The molecule has 28 heavy (non-hydrogen) atoms. The number of carbonyl (C=O) groups is 2. The average molecular weight is 387 g/mol. The number of nitrogens with zero attached hydrogens (tertiary/aromatic N) is 2. The van der Waals surface area contributed by atoms with E-state index in [1.54, 1.807) is 12.1 Å². The number of hydrogen-bond acceptors (Lipinski definition) is 4. The Morgan fingerprint density at radius 2 is 1.96 bits per heavy atom. The smallest absolute Gasteiger partial charge is 0.229 e. The quantitative estimate of drug-likeness (QED) is 0.880. The summed E-state index contributed by atoms with van der Waals surface area (Å²) in [6.07, 6.45) is -0.0349. The first-order chi connectivity index (χ1) is 13.4. The van der Waals surface area contributed by atoms with E-state index in [4.69, 9.17) is 4.74 Å². The van der Waals surface area contributed by atoms with E-state index >= 15 is 0 Å². The van der Waals surface area contributed by atoms with Crippen molar-refractivity contribution in [2.45, 2.75) is 6.42 Å². The maximum absolute atomic E-state index is 14.0. The zero-order valence-corrected chi connectivity index (χ0v) is 15.2. The van der Waals surface area contributed by atoms with Crippen LogP contribution in [0.4, 0.5) is 25.8 Å². The Morgan fingerprint density at radius 1 is 1.18 bits per heavy atom. The number of rotatable bonds is 3. The highest BCUT2D eigenvalue weighted by molar-refractivity contribution is 6.03. The van der Waals surface area contributed by atoms with Gasteiger partial charge >= 0.3 is 0 Å². The molecule has 146 valence electrons. The molecule has 2 aliphatic heterocycles.